The van der Waals surface area contributed by atoms with Crippen molar-refractivity contribution in [2.75, 3.05) is 24.2 Å². The third-order valence-corrected chi connectivity index (χ3v) is 5.26. The van der Waals surface area contributed by atoms with Gasteiger partial charge in [0.25, 0.3) is 0 Å². The molecular weight excluding hydrogens is 290 g/mol. The summed E-state index contributed by atoms with van der Waals surface area (Å²) in [5, 5.41) is 0. The first-order chi connectivity index (χ1) is 8.65. The molecule has 0 amide bonds. The van der Waals surface area contributed by atoms with Crippen molar-refractivity contribution in [3.63, 3.8) is 0 Å². The van der Waals surface area contributed by atoms with E-state index in [-0.39, 0.29) is 0 Å². The van der Waals surface area contributed by atoms with Crippen LogP contribution in [-0.4, -0.2) is 18.6 Å². The molecule has 3 rings (SSSR count). The molecule has 4 heteroatoms. The summed E-state index contributed by atoms with van der Waals surface area (Å²) in [6.07, 6.45) is 9.34. The SMILES string of the molecule is CN(CC1CC2CCC1C2)c1c(N)cncc1Br. The molecule has 2 saturated carbocycles. The van der Waals surface area contributed by atoms with Crippen molar-refractivity contribution < 1.29 is 0 Å². The lowest BCUT2D eigenvalue weighted by Crippen LogP contribution is -2.29. The second-order valence-corrected chi connectivity index (χ2v) is 6.73. The Bertz CT molecular complexity index is 428. The van der Waals surface area contributed by atoms with E-state index in [2.05, 4.69) is 32.9 Å². The summed E-state index contributed by atoms with van der Waals surface area (Å²) in [7, 11) is 2.14. The molecule has 0 aliphatic heterocycles. The Morgan fingerprint density at radius 1 is 1.39 bits per heavy atom. The third kappa shape index (κ3) is 2.11. The van der Waals surface area contributed by atoms with Crippen LogP contribution in [0, 0.1) is 17.8 Å². The first-order valence-electron chi connectivity index (χ1n) is 6.75. The van der Waals surface area contributed by atoms with Crippen molar-refractivity contribution >= 4 is 27.3 Å². The number of anilines is 2. The van der Waals surface area contributed by atoms with Crippen LogP contribution in [0.3, 0.4) is 0 Å². The summed E-state index contributed by atoms with van der Waals surface area (Å²) in [6, 6.07) is 0. The highest BCUT2D eigenvalue weighted by Gasteiger charge is 2.39. The normalized spacial score (nSPS) is 29.8. The number of nitrogens with two attached hydrogens (primary N) is 1. The zero-order valence-corrected chi connectivity index (χ0v) is 12.4. The van der Waals surface area contributed by atoms with Crippen LogP contribution in [0.5, 0.6) is 0 Å². The fourth-order valence-corrected chi connectivity index (χ4v) is 4.54. The Kier molecular flexibility index (Phi) is 3.22. The zero-order valence-electron chi connectivity index (χ0n) is 10.8. The van der Waals surface area contributed by atoms with Crippen molar-refractivity contribution in [1.29, 1.82) is 0 Å². The average molecular weight is 310 g/mol. The highest BCUT2D eigenvalue weighted by molar-refractivity contribution is 9.10. The van der Waals surface area contributed by atoms with Crippen molar-refractivity contribution in [3.05, 3.63) is 16.9 Å². The molecule has 2 N–H and O–H groups in total. The zero-order chi connectivity index (χ0) is 12.7. The number of hydrogen-bond acceptors (Lipinski definition) is 3. The largest absolute Gasteiger partial charge is 0.396 e. The van der Waals surface area contributed by atoms with Crippen molar-refractivity contribution in [2.24, 2.45) is 17.8 Å². The Morgan fingerprint density at radius 2 is 2.22 bits per heavy atom. The van der Waals surface area contributed by atoms with Gasteiger partial charge in [0.1, 0.15) is 0 Å². The Balaban J connectivity index is 1.73. The molecule has 3 atom stereocenters. The molecule has 3 unspecified atom stereocenters. The summed E-state index contributed by atoms with van der Waals surface area (Å²) < 4.78 is 0.994. The van der Waals surface area contributed by atoms with Crippen molar-refractivity contribution in [2.45, 2.75) is 25.7 Å². The molecule has 1 aromatic heterocycles. The predicted molar refractivity (Wildman–Crippen MR) is 78.6 cm³/mol. The molecule has 0 spiro atoms. The van der Waals surface area contributed by atoms with Gasteiger partial charge >= 0.3 is 0 Å². The maximum atomic E-state index is 6.04. The number of nitrogen functional groups attached to an aromatic ring is 1. The van der Waals surface area contributed by atoms with Crippen LogP contribution in [0.15, 0.2) is 16.9 Å². The number of aromatic nitrogens is 1. The molecule has 3 nitrogen and oxygen atoms in total. The van der Waals surface area contributed by atoms with Crippen LogP contribution in [0.2, 0.25) is 0 Å². The van der Waals surface area contributed by atoms with E-state index in [9.17, 15) is 0 Å². The number of pyridine rings is 1. The number of nitrogens with zero attached hydrogens (tertiary/aromatic N) is 2. The molecule has 2 bridgehead atoms. The predicted octanol–water partition coefficient (Wildman–Crippen LogP) is 3.30. The fraction of sp³-hybridized carbons (Fsp3) is 0.643. The van der Waals surface area contributed by atoms with Crippen LogP contribution in [0.25, 0.3) is 0 Å². The molecule has 18 heavy (non-hydrogen) atoms. The van der Waals surface area contributed by atoms with Crippen LogP contribution in [-0.2, 0) is 0 Å². The molecule has 2 fully saturated rings. The van der Waals surface area contributed by atoms with Crippen LogP contribution >= 0.6 is 15.9 Å². The lowest BCUT2D eigenvalue weighted by Gasteiger charge is -2.29. The topological polar surface area (TPSA) is 42.1 Å². The minimum atomic E-state index is 0.759. The quantitative estimate of drug-likeness (QED) is 0.931. The second-order valence-electron chi connectivity index (χ2n) is 5.87. The second kappa shape index (κ2) is 4.72. The Labute approximate surface area is 117 Å². The molecule has 2 aliphatic rings. The van der Waals surface area contributed by atoms with E-state index in [0.717, 1.165) is 40.1 Å². The first kappa shape index (κ1) is 12.3. The number of halogens is 1. The number of fused-ring (bicyclic) bond motifs is 2. The molecule has 0 aromatic carbocycles. The minimum Gasteiger partial charge on any atom is -0.396 e. The highest BCUT2D eigenvalue weighted by Crippen LogP contribution is 2.48. The first-order valence-corrected chi connectivity index (χ1v) is 7.54. The summed E-state index contributed by atoms with van der Waals surface area (Å²) in [5.74, 6) is 2.82. The van der Waals surface area contributed by atoms with Crippen LogP contribution < -0.4 is 10.6 Å². The van der Waals surface area contributed by atoms with Gasteiger partial charge in [0.2, 0.25) is 0 Å². The summed E-state index contributed by atoms with van der Waals surface area (Å²) in [4.78, 5) is 6.40. The number of hydrogen-bond donors (Lipinski definition) is 1. The van der Waals surface area contributed by atoms with Gasteiger partial charge in [-0.25, -0.2) is 0 Å². The molecule has 0 saturated heterocycles. The van der Waals surface area contributed by atoms with Gasteiger partial charge in [-0.1, -0.05) is 6.42 Å². The lowest BCUT2D eigenvalue weighted by molar-refractivity contribution is 0.337. The average Bonchev–Trinajstić information content (AvgIpc) is 2.90. The standard InChI is InChI=1S/C14H20BrN3/c1-18(14-12(15)6-17-7-13(14)16)8-11-5-9-2-3-10(11)4-9/h6-7,9-11H,2-5,8,16H2,1H3. The maximum absolute atomic E-state index is 6.04. The van der Waals surface area contributed by atoms with E-state index < -0.39 is 0 Å². The fourth-order valence-electron chi connectivity index (χ4n) is 3.89. The summed E-state index contributed by atoms with van der Waals surface area (Å²) in [6.45, 7) is 1.12. The van der Waals surface area contributed by atoms with Gasteiger partial charge in [0.05, 0.1) is 22.0 Å². The van der Waals surface area contributed by atoms with Gasteiger partial charge in [-0.15, -0.1) is 0 Å². The Morgan fingerprint density at radius 3 is 2.83 bits per heavy atom. The van der Waals surface area contributed by atoms with E-state index in [1.165, 1.54) is 25.7 Å². The van der Waals surface area contributed by atoms with E-state index in [4.69, 9.17) is 5.73 Å². The van der Waals surface area contributed by atoms with Gasteiger partial charge in [0.15, 0.2) is 0 Å². The molecule has 98 valence electrons. The molecule has 1 aromatic rings. The van der Waals surface area contributed by atoms with Crippen LogP contribution in [0.1, 0.15) is 25.7 Å². The summed E-state index contributed by atoms with van der Waals surface area (Å²) >= 11 is 3.55. The smallest absolute Gasteiger partial charge is 0.0773 e. The third-order valence-electron chi connectivity index (χ3n) is 4.68. The lowest BCUT2D eigenvalue weighted by atomic mass is 9.88. The van der Waals surface area contributed by atoms with E-state index in [1.54, 1.807) is 6.20 Å². The van der Waals surface area contributed by atoms with Crippen molar-refractivity contribution in [3.8, 4) is 0 Å². The van der Waals surface area contributed by atoms with Crippen LogP contribution in [0.4, 0.5) is 11.4 Å². The van der Waals surface area contributed by atoms with E-state index in [0.29, 0.717) is 0 Å². The van der Waals surface area contributed by atoms with Gasteiger partial charge in [-0.05, 0) is 52.9 Å². The molecule has 1 heterocycles. The van der Waals surface area contributed by atoms with Gasteiger partial charge in [0, 0.05) is 19.8 Å². The minimum absolute atomic E-state index is 0.759. The molecule has 2 aliphatic carbocycles. The van der Waals surface area contributed by atoms with Crippen molar-refractivity contribution in [1.82, 2.24) is 4.98 Å². The maximum Gasteiger partial charge on any atom is 0.0773 e. The molecule has 0 radical (unpaired) electrons. The van der Waals surface area contributed by atoms with E-state index in [1.807, 2.05) is 6.20 Å². The highest BCUT2D eigenvalue weighted by atomic mass is 79.9. The number of rotatable bonds is 3. The Hall–Kier alpha value is -0.770. The van der Waals surface area contributed by atoms with Gasteiger partial charge < -0.3 is 10.6 Å². The monoisotopic (exact) mass is 309 g/mol. The van der Waals surface area contributed by atoms with Gasteiger partial charge in [-0.2, -0.15) is 0 Å². The van der Waals surface area contributed by atoms with E-state index >= 15 is 0 Å². The molecular formula is C14H20BrN3. The summed E-state index contributed by atoms with van der Waals surface area (Å²) in [5.41, 5.74) is 7.89. The van der Waals surface area contributed by atoms with Gasteiger partial charge in [-0.3, -0.25) is 4.98 Å².